The second-order valence-electron chi connectivity index (χ2n) is 9.66. The lowest BCUT2D eigenvalue weighted by Gasteiger charge is -2.22. The van der Waals surface area contributed by atoms with Gasteiger partial charge >= 0.3 is 0 Å². The van der Waals surface area contributed by atoms with Crippen LogP contribution >= 0.6 is 11.6 Å². The standard InChI is InChI=1S/C30H29ClN4O5/c1-2-39-27-17-21(16-25(31)28(27)40-19-20-12-14-23(15-13-20)35(37)38)18-32-34-29(22-8-4-3-5-9-22)33-26-11-7-6-10-24(26)30(34)36/h6-7,10-18,22H,2-5,8-9,19H2,1H3. The SMILES string of the molecule is CCOc1cc(C=Nn2c(C3CCCCC3)nc3ccccc3c2=O)cc(Cl)c1OCc1ccc([N+](=O)[O-])cc1. The molecule has 0 atom stereocenters. The zero-order valence-corrected chi connectivity index (χ0v) is 22.8. The molecule has 0 saturated heterocycles. The predicted octanol–water partition coefficient (Wildman–Crippen LogP) is 6.87. The van der Waals surface area contributed by atoms with E-state index < -0.39 is 4.92 Å². The summed E-state index contributed by atoms with van der Waals surface area (Å²) in [6, 6.07) is 16.9. The van der Waals surface area contributed by atoms with Crippen molar-refractivity contribution in [3.8, 4) is 11.5 Å². The number of ether oxygens (including phenoxy) is 2. The van der Waals surface area contributed by atoms with Gasteiger partial charge in [0.1, 0.15) is 12.4 Å². The third-order valence-corrected chi connectivity index (χ3v) is 7.21. The molecule has 5 rings (SSSR count). The Morgan fingerprint density at radius 2 is 1.85 bits per heavy atom. The van der Waals surface area contributed by atoms with Gasteiger partial charge in [-0.05, 0) is 67.3 Å². The third-order valence-electron chi connectivity index (χ3n) is 6.93. The lowest BCUT2D eigenvalue weighted by molar-refractivity contribution is -0.384. The maximum atomic E-state index is 13.5. The van der Waals surface area contributed by atoms with Gasteiger partial charge in [0.05, 0.1) is 33.7 Å². The van der Waals surface area contributed by atoms with Crippen molar-refractivity contribution in [2.45, 2.75) is 51.6 Å². The first-order valence-corrected chi connectivity index (χ1v) is 13.7. The van der Waals surface area contributed by atoms with Gasteiger partial charge in [0.25, 0.3) is 11.2 Å². The summed E-state index contributed by atoms with van der Waals surface area (Å²) < 4.78 is 13.2. The van der Waals surface area contributed by atoms with Gasteiger partial charge in [-0.2, -0.15) is 9.78 Å². The number of rotatable bonds is 9. The Hall–Kier alpha value is -4.24. The molecule has 1 aromatic heterocycles. The van der Waals surface area contributed by atoms with E-state index in [4.69, 9.17) is 26.1 Å². The minimum absolute atomic E-state index is 0.00722. The Bertz CT molecular complexity index is 1610. The van der Waals surface area contributed by atoms with Gasteiger partial charge in [-0.3, -0.25) is 14.9 Å². The zero-order valence-electron chi connectivity index (χ0n) is 22.1. The van der Waals surface area contributed by atoms with Crippen molar-refractivity contribution in [1.29, 1.82) is 0 Å². The summed E-state index contributed by atoms with van der Waals surface area (Å²) in [5.74, 6) is 1.63. The largest absolute Gasteiger partial charge is 0.490 e. The van der Waals surface area contributed by atoms with Crippen molar-refractivity contribution >= 4 is 34.4 Å². The van der Waals surface area contributed by atoms with Crippen LogP contribution in [0.4, 0.5) is 5.69 Å². The molecule has 1 heterocycles. The number of fused-ring (bicyclic) bond motifs is 1. The number of non-ortho nitro benzene ring substituents is 1. The fourth-order valence-electron chi connectivity index (χ4n) is 4.94. The fourth-order valence-corrected chi connectivity index (χ4v) is 5.21. The first-order chi connectivity index (χ1) is 19.4. The van der Waals surface area contributed by atoms with Crippen LogP contribution in [0.15, 0.2) is 70.6 Å². The van der Waals surface area contributed by atoms with Crippen LogP contribution in [0.3, 0.4) is 0 Å². The van der Waals surface area contributed by atoms with Gasteiger partial charge in [0.2, 0.25) is 0 Å². The summed E-state index contributed by atoms with van der Waals surface area (Å²) in [6.45, 7) is 2.38. The Balaban J connectivity index is 1.46. The molecule has 4 aromatic rings. The molecule has 40 heavy (non-hydrogen) atoms. The number of nitrogens with zero attached hydrogens (tertiary/aromatic N) is 4. The highest BCUT2D eigenvalue weighted by molar-refractivity contribution is 6.32. The van der Waals surface area contributed by atoms with Crippen LogP contribution in [0.2, 0.25) is 5.02 Å². The second-order valence-corrected chi connectivity index (χ2v) is 10.1. The molecule has 10 heteroatoms. The topological polar surface area (TPSA) is 109 Å². The molecule has 0 amide bonds. The van der Waals surface area contributed by atoms with Gasteiger partial charge in [0.15, 0.2) is 11.5 Å². The van der Waals surface area contributed by atoms with Crippen LogP contribution in [-0.2, 0) is 6.61 Å². The van der Waals surface area contributed by atoms with Crippen molar-refractivity contribution in [2.75, 3.05) is 6.61 Å². The van der Waals surface area contributed by atoms with Gasteiger partial charge < -0.3 is 9.47 Å². The molecule has 1 fully saturated rings. The van der Waals surface area contributed by atoms with Crippen LogP contribution < -0.4 is 15.0 Å². The normalized spacial score (nSPS) is 14.1. The number of benzene rings is 3. The molecule has 0 bridgehead atoms. The van der Waals surface area contributed by atoms with E-state index in [1.165, 1.54) is 23.2 Å². The van der Waals surface area contributed by atoms with E-state index in [1.807, 2.05) is 25.1 Å². The monoisotopic (exact) mass is 560 g/mol. The molecule has 206 valence electrons. The third kappa shape index (κ3) is 5.99. The molecule has 0 radical (unpaired) electrons. The number of hydrogen-bond acceptors (Lipinski definition) is 7. The Morgan fingerprint density at radius 3 is 2.58 bits per heavy atom. The van der Waals surface area contributed by atoms with Gasteiger partial charge in [-0.25, -0.2) is 4.98 Å². The molecule has 9 nitrogen and oxygen atoms in total. The second kappa shape index (κ2) is 12.3. The van der Waals surface area contributed by atoms with Crippen LogP contribution in [0, 0.1) is 10.1 Å². The molecule has 1 saturated carbocycles. The number of nitro groups is 1. The van der Waals surface area contributed by atoms with E-state index in [1.54, 1.807) is 36.5 Å². The predicted molar refractivity (Wildman–Crippen MR) is 155 cm³/mol. The molecular weight excluding hydrogens is 532 g/mol. The summed E-state index contributed by atoms with van der Waals surface area (Å²) in [5, 5.41) is 16.3. The first kappa shape index (κ1) is 27.3. The van der Waals surface area contributed by atoms with E-state index in [-0.39, 0.29) is 23.8 Å². The zero-order chi connectivity index (χ0) is 28.1. The highest BCUT2D eigenvalue weighted by Gasteiger charge is 2.22. The van der Waals surface area contributed by atoms with E-state index in [9.17, 15) is 14.9 Å². The van der Waals surface area contributed by atoms with Gasteiger partial charge in [-0.1, -0.05) is 43.0 Å². The molecular formula is C30H29ClN4O5. The molecule has 1 aliphatic rings. The van der Waals surface area contributed by atoms with Gasteiger partial charge in [0, 0.05) is 18.1 Å². The molecule has 0 unspecified atom stereocenters. The van der Waals surface area contributed by atoms with E-state index in [0.717, 1.165) is 31.2 Å². The van der Waals surface area contributed by atoms with Crippen LogP contribution in [0.25, 0.3) is 10.9 Å². The highest BCUT2D eigenvalue weighted by Crippen LogP contribution is 2.37. The number of aromatic nitrogens is 2. The number of hydrogen-bond donors (Lipinski definition) is 0. The highest BCUT2D eigenvalue weighted by atomic mass is 35.5. The molecule has 0 aliphatic heterocycles. The maximum absolute atomic E-state index is 13.5. The smallest absolute Gasteiger partial charge is 0.282 e. The Labute approximate surface area is 236 Å². The molecule has 3 aromatic carbocycles. The van der Waals surface area contributed by atoms with Crippen molar-refractivity contribution in [1.82, 2.24) is 9.66 Å². The maximum Gasteiger partial charge on any atom is 0.282 e. The number of halogens is 1. The number of para-hydroxylation sites is 1. The average Bonchev–Trinajstić information content (AvgIpc) is 2.97. The summed E-state index contributed by atoms with van der Waals surface area (Å²) in [4.78, 5) is 28.8. The van der Waals surface area contributed by atoms with Crippen molar-refractivity contribution in [3.05, 3.63) is 103 Å². The van der Waals surface area contributed by atoms with E-state index in [0.29, 0.717) is 45.4 Å². The summed E-state index contributed by atoms with van der Waals surface area (Å²) in [6.07, 6.45) is 6.92. The summed E-state index contributed by atoms with van der Waals surface area (Å²) in [7, 11) is 0. The minimum Gasteiger partial charge on any atom is -0.490 e. The Kier molecular flexibility index (Phi) is 8.40. The minimum atomic E-state index is -0.449. The van der Waals surface area contributed by atoms with E-state index >= 15 is 0 Å². The number of nitro benzene ring substituents is 1. The van der Waals surface area contributed by atoms with Crippen molar-refractivity contribution in [2.24, 2.45) is 5.10 Å². The quantitative estimate of drug-likeness (QED) is 0.126. The van der Waals surface area contributed by atoms with Gasteiger partial charge in [-0.15, -0.1) is 0 Å². The molecule has 1 aliphatic carbocycles. The lowest BCUT2D eigenvalue weighted by Crippen LogP contribution is -2.25. The van der Waals surface area contributed by atoms with E-state index in [2.05, 4.69) is 5.10 Å². The average molecular weight is 561 g/mol. The Morgan fingerprint density at radius 1 is 1.10 bits per heavy atom. The van der Waals surface area contributed by atoms with Crippen LogP contribution in [-0.4, -0.2) is 27.4 Å². The summed E-state index contributed by atoms with van der Waals surface area (Å²) in [5.41, 5.74) is 1.85. The summed E-state index contributed by atoms with van der Waals surface area (Å²) >= 11 is 6.61. The van der Waals surface area contributed by atoms with Crippen molar-refractivity contribution in [3.63, 3.8) is 0 Å². The van der Waals surface area contributed by atoms with Crippen molar-refractivity contribution < 1.29 is 14.4 Å². The molecule has 0 spiro atoms. The lowest BCUT2D eigenvalue weighted by atomic mass is 9.88. The fraction of sp³-hybridized carbons (Fsp3) is 0.300. The first-order valence-electron chi connectivity index (χ1n) is 13.3. The van der Waals surface area contributed by atoms with Crippen LogP contribution in [0.1, 0.15) is 61.9 Å². The van der Waals surface area contributed by atoms with Crippen LogP contribution in [0.5, 0.6) is 11.5 Å². The molecule has 0 N–H and O–H groups in total.